The Bertz CT molecular complexity index is 1720. The number of pyridine rings is 2. The number of hydrogen-bond donors (Lipinski definition) is 1. The predicted octanol–water partition coefficient (Wildman–Crippen LogP) is 5.24. The molecule has 1 atom stereocenters. The first-order chi connectivity index (χ1) is 18.3. The summed E-state index contributed by atoms with van der Waals surface area (Å²) in [4.78, 5) is 9.74. The highest BCUT2D eigenvalue weighted by atomic mass is 32.2. The van der Waals surface area contributed by atoms with Gasteiger partial charge in [0.1, 0.15) is 17.2 Å². The molecule has 5 aromatic rings. The number of nitrogens with zero attached hydrogens (tertiary/aromatic N) is 4. The van der Waals surface area contributed by atoms with Gasteiger partial charge >= 0.3 is 0 Å². The molecule has 10 heteroatoms. The summed E-state index contributed by atoms with van der Waals surface area (Å²) in [5.74, 6) is 1.29. The third-order valence-corrected chi connectivity index (χ3v) is 7.81. The Balaban J connectivity index is 1.67. The van der Waals surface area contributed by atoms with Crippen LogP contribution in [0.2, 0.25) is 0 Å². The molecule has 1 aliphatic rings. The average Bonchev–Trinajstić information content (AvgIpc) is 3.40. The summed E-state index contributed by atoms with van der Waals surface area (Å²) >= 11 is 0. The Morgan fingerprint density at radius 1 is 1.08 bits per heavy atom. The molecule has 0 radical (unpaired) electrons. The Hall–Kier alpha value is -3.76. The lowest BCUT2D eigenvalue weighted by Gasteiger charge is -2.32. The first-order valence-corrected chi connectivity index (χ1v) is 14.5. The standard InChI is InChI=1S/C28H29N5O4S/c1-17-25(18(2)37-31-17)21-15-23-26(29-16-21)22-9-10-24(32-38(3,34)35)30-28(22)33(23)27(19-7-5-4-6-8-19)20-11-13-36-14-12-20/h4-10,15-16,20,27H,11-14H2,1-3H3,(H,30,32). The second-order valence-electron chi connectivity index (χ2n) is 9.91. The molecule has 1 N–H and O–H groups in total. The summed E-state index contributed by atoms with van der Waals surface area (Å²) in [6, 6.07) is 16.0. The van der Waals surface area contributed by atoms with Crippen molar-refractivity contribution in [3.63, 3.8) is 0 Å². The number of rotatable bonds is 6. The van der Waals surface area contributed by atoms with E-state index >= 15 is 0 Å². The zero-order chi connectivity index (χ0) is 26.4. The second kappa shape index (κ2) is 9.52. The average molecular weight is 532 g/mol. The normalized spacial score (nSPS) is 15.8. The zero-order valence-electron chi connectivity index (χ0n) is 21.5. The van der Waals surface area contributed by atoms with Crippen LogP contribution < -0.4 is 4.72 Å². The number of benzene rings is 1. The molecular formula is C28H29N5O4S. The van der Waals surface area contributed by atoms with Crippen LogP contribution in [-0.4, -0.2) is 47.6 Å². The van der Waals surface area contributed by atoms with Gasteiger partial charge in [-0.1, -0.05) is 35.5 Å². The smallest absolute Gasteiger partial charge is 0.230 e. The fourth-order valence-electron chi connectivity index (χ4n) is 5.65. The van der Waals surface area contributed by atoms with E-state index in [1.807, 2.05) is 44.3 Å². The quantitative estimate of drug-likeness (QED) is 0.319. The number of aryl methyl sites for hydroxylation is 2. The molecule has 5 heterocycles. The Morgan fingerprint density at radius 3 is 2.53 bits per heavy atom. The van der Waals surface area contributed by atoms with Crippen LogP contribution >= 0.6 is 0 Å². The van der Waals surface area contributed by atoms with Crippen LogP contribution in [0.15, 0.2) is 59.3 Å². The molecule has 1 aliphatic heterocycles. The van der Waals surface area contributed by atoms with Crippen molar-refractivity contribution < 1.29 is 17.7 Å². The molecule has 1 saturated heterocycles. The maximum absolute atomic E-state index is 12.0. The van der Waals surface area contributed by atoms with Gasteiger partial charge in [0, 0.05) is 35.9 Å². The zero-order valence-corrected chi connectivity index (χ0v) is 22.3. The number of ether oxygens (including phenoxy) is 1. The third kappa shape index (κ3) is 4.43. The molecular weight excluding hydrogens is 502 g/mol. The van der Waals surface area contributed by atoms with Crippen LogP contribution in [0.3, 0.4) is 0 Å². The van der Waals surface area contributed by atoms with E-state index in [0.717, 1.165) is 63.7 Å². The molecule has 6 rings (SSSR count). The molecule has 0 spiro atoms. The van der Waals surface area contributed by atoms with E-state index in [9.17, 15) is 8.42 Å². The minimum absolute atomic E-state index is 0.0530. The molecule has 1 aromatic carbocycles. The number of aromatic nitrogens is 4. The van der Waals surface area contributed by atoms with Gasteiger partial charge < -0.3 is 13.8 Å². The summed E-state index contributed by atoms with van der Waals surface area (Å²) in [7, 11) is -3.50. The van der Waals surface area contributed by atoms with Gasteiger partial charge in [0.2, 0.25) is 10.0 Å². The lowest BCUT2D eigenvalue weighted by molar-refractivity contribution is 0.0552. The fourth-order valence-corrected chi connectivity index (χ4v) is 6.14. The first-order valence-electron chi connectivity index (χ1n) is 12.6. The van der Waals surface area contributed by atoms with Crippen LogP contribution in [0.4, 0.5) is 5.82 Å². The van der Waals surface area contributed by atoms with E-state index in [2.05, 4.69) is 32.6 Å². The molecule has 196 valence electrons. The van der Waals surface area contributed by atoms with Gasteiger partial charge in [-0.25, -0.2) is 13.4 Å². The van der Waals surface area contributed by atoms with Crippen LogP contribution in [0.1, 0.15) is 35.9 Å². The molecule has 0 bridgehead atoms. The SMILES string of the molecule is Cc1noc(C)c1-c1cnc2c3ccc(NS(C)(=O)=O)nc3n(C(c3ccccc3)C3CCOCC3)c2c1. The summed E-state index contributed by atoms with van der Waals surface area (Å²) < 4.78 is 40.0. The number of hydrogen-bond acceptors (Lipinski definition) is 7. The Labute approximate surface area is 220 Å². The Kier molecular flexibility index (Phi) is 6.16. The van der Waals surface area contributed by atoms with Crippen LogP contribution in [0.5, 0.6) is 0 Å². The number of sulfonamides is 1. The van der Waals surface area contributed by atoms with Gasteiger partial charge in [0.15, 0.2) is 0 Å². The molecule has 0 aliphatic carbocycles. The van der Waals surface area contributed by atoms with E-state index < -0.39 is 10.0 Å². The summed E-state index contributed by atoms with van der Waals surface area (Å²) in [6.07, 6.45) is 4.77. The molecule has 4 aromatic heterocycles. The summed E-state index contributed by atoms with van der Waals surface area (Å²) in [6.45, 7) is 5.21. The topological polar surface area (TPSA) is 112 Å². The number of nitrogens with one attached hydrogen (secondary N) is 1. The summed E-state index contributed by atoms with van der Waals surface area (Å²) in [5.41, 5.74) is 6.19. The van der Waals surface area contributed by atoms with E-state index in [1.165, 1.54) is 0 Å². The molecule has 38 heavy (non-hydrogen) atoms. The van der Waals surface area contributed by atoms with Crippen molar-refractivity contribution in [1.29, 1.82) is 0 Å². The summed E-state index contributed by atoms with van der Waals surface area (Å²) in [5, 5.41) is 5.00. The molecule has 9 nitrogen and oxygen atoms in total. The first kappa shape index (κ1) is 24.6. The lowest BCUT2D eigenvalue weighted by atomic mass is 9.86. The van der Waals surface area contributed by atoms with Crippen molar-refractivity contribution in [1.82, 2.24) is 19.7 Å². The molecule has 0 amide bonds. The van der Waals surface area contributed by atoms with Crippen molar-refractivity contribution >= 4 is 37.9 Å². The Morgan fingerprint density at radius 2 is 1.84 bits per heavy atom. The lowest BCUT2D eigenvalue weighted by Crippen LogP contribution is -2.27. The third-order valence-electron chi connectivity index (χ3n) is 7.23. The van der Waals surface area contributed by atoms with Gasteiger partial charge in [-0.15, -0.1) is 0 Å². The van der Waals surface area contributed by atoms with Crippen LogP contribution in [0.25, 0.3) is 33.2 Å². The van der Waals surface area contributed by atoms with Gasteiger partial charge in [-0.05, 0) is 56.4 Å². The molecule has 1 unspecified atom stereocenters. The molecule has 0 saturated carbocycles. The van der Waals surface area contributed by atoms with Crippen molar-refractivity contribution in [3.05, 3.63) is 71.7 Å². The van der Waals surface area contributed by atoms with E-state index in [4.69, 9.17) is 19.2 Å². The van der Waals surface area contributed by atoms with Gasteiger partial charge in [-0.2, -0.15) is 0 Å². The minimum atomic E-state index is -3.50. The highest BCUT2D eigenvalue weighted by molar-refractivity contribution is 7.92. The highest BCUT2D eigenvalue weighted by Gasteiger charge is 2.31. The minimum Gasteiger partial charge on any atom is -0.381 e. The maximum Gasteiger partial charge on any atom is 0.230 e. The fraction of sp³-hybridized carbons (Fsp3) is 0.321. The maximum atomic E-state index is 12.0. The van der Waals surface area contributed by atoms with E-state index in [1.54, 1.807) is 6.07 Å². The van der Waals surface area contributed by atoms with Crippen LogP contribution in [0, 0.1) is 19.8 Å². The van der Waals surface area contributed by atoms with Gasteiger partial charge in [0.05, 0.1) is 29.0 Å². The number of anilines is 1. The van der Waals surface area contributed by atoms with E-state index in [0.29, 0.717) is 24.8 Å². The number of fused-ring (bicyclic) bond motifs is 3. The predicted molar refractivity (Wildman–Crippen MR) is 147 cm³/mol. The monoisotopic (exact) mass is 531 g/mol. The van der Waals surface area contributed by atoms with Gasteiger partial charge in [0.25, 0.3) is 0 Å². The van der Waals surface area contributed by atoms with Crippen LogP contribution in [-0.2, 0) is 14.8 Å². The van der Waals surface area contributed by atoms with Crippen molar-refractivity contribution in [3.8, 4) is 11.1 Å². The largest absolute Gasteiger partial charge is 0.381 e. The second-order valence-corrected chi connectivity index (χ2v) is 11.7. The highest BCUT2D eigenvalue weighted by Crippen LogP contribution is 2.41. The van der Waals surface area contributed by atoms with Crippen molar-refractivity contribution in [2.45, 2.75) is 32.7 Å². The van der Waals surface area contributed by atoms with Crippen molar-refractivity contribution in [2.24, 2.45) is 5.92 Å². The van der Waals surface area contributed by atoms with Crippen molar-refractivity contribution in [2.75, 3.05) is 24.2 Å². The van der Waals surface area contributed by atoms with Gasteiger partial charge in [-0.3, -0.25) is 9.71 Å². The van der Waals surface area contributed by atoms with E-state index in [-0.39, 0.29) is 11.9 Å². The molecule has 1 fully saturated rings.